The number of nitrogens with one attached hydrogen (secondary N) is 1. The fourth-order valence-corrected chi connectivity index (χ4v) is 1.45. The third-order valence-corrected chi connectivity index (χ3v) is 2.36. The third kappa shape index (κ3) is 3.62. The SMILES string of the molecule is O=C(NC(CO)CO)c1cccc(Br)c1. The zero-order valence-electron chi connectivity index (χ0n) is 7.98. The lowest BCUT2D eigenvalue weighted by Crippen LogP contribution is -2.40. The van der Waals surface area contributed by atoms with Crippen LogP contribution >= 0.6 is 15.9 Å². The fraction of sp³-hybridized carbons (Fsp3) is 0.300. The Kier molecular flexibility index (Phi) is 4.74. The molecule has 0 fully saturated rings. The minimum atomic E-state index is -0.614. The monoisotopic (exact) mass is 273 g/mol. The van der Waals surface area contributed by atoms with Crippen molar-refractivity contribution in [2.24, 2.45) is 0 Å². The second-order valence-electron chi connectivity index (χ2n) is 3.05. The lowest BCUT2D eigenvalue weighted by atomic mass is 10.2. The summed E-state index contributed by atoms with van der Waals surface area (Å²) in [6, 6.07) is 6.27. The van der Waals surface area contributed by atoms with Crippen LogP contribution in [0.1, 0.15) is 10.4 Å². The quantitative estimate of drug-likeness (QED) is 0.750. The smallest absolute Gasteiger partial charge is 0.251 e. The van der Waals surface area contributed by atoms with Gasteiger partial charge in [-0.05, 0) is 18.2 Å². The maximum Gasteiger partial charge on any atom is 0.251 e. The van der Waals surface area contributed by atoms with Gasteiger partial charge in [0.15, 0.2) is 0 Å². The van der Waals surface area contributed by atoms with Crippen molar-refractivity contribution in [1.29, 1.82) is 0 Å². The predicted molar refractivity (Wildman–Crippen MR) is 59.6 cm³/mol. The molecule has 1 aromatic rings. The van der Waals surface area contributed by atoms with Gasteiger partial charge in [-0.15, -0.1) is 0 Å². The van der Waals surface area contributed by atoms with Gasteiger partial charge in [-0.2, -0.15) is 0 Å². The Morgan fingerprint density at radius 1 is 1.40 bits per heavy atom. The number of aliphatic hydroxyl groups excluding tert-OH is 2. The number of hydrogen-bond acceptors (Lipinski definition) is 3. The average Bonchev–Trinajstić information content (AvgIpc) is 2.25. The summed E-state index contributed by atoms with van der Waals surface area (Å²) in [5.41, 5.74) is 0.483. The maximum absolute atomic E-state index is 11.6. The van der Waals surface area contributed by atoms with E-state index in [4.69, 9.17) is 10.2 Å². The van der Waals surface area contributed by atoms with Crippen molar-refractivity contribution in [3.05, 3.63) is 34.3 Å². The molecule has 0 radical (unpaired) electrons. The van der Waals surface area contributed by atoms with Crippen molar-refractivity contribution in [3.63, 3.8) is 0 Å². The molecule has 4 nitrogen and oxygen atoms in total. The van der Waals surface area contributed by atoms with Gasteiger partial charge in [0.25, 0.3) is 5.91 Å². The number of carbonyl (C=O) groups excluding carboxylic acids is 1. The summed E-state index contributed by atoms with van der Waals surface area (Å²) in [5, 5.41) is 20.1. The van der Waals surface area contributed by atoms with E-state index >= 15 is 0 Å². The van der Waals surface area contributed by atoms with Gasteiger partial charge in [-0.25, -0.2) is 0 Å². The molecule has 15 heavy (non-hydrogen) atoms. The van der Waals surface area contributed by atoms with Crippen molar-refractivity contribution in [1.82, 2.24) is 5.32 Å². The minimum absolute atomic E-state index is 0.282. The summed E-state index contributed by atoms with van der Waals surface area (Å²) < 4.78 is 0.805. The Balaban J connectivity index is 2.68. The van der Waals surface area contributed by atoms with Gasteiger partial charge in [-0.3, -0.25) is 4.79 Å². The van der Waals surface area contributed by atoms with E-state index < -0.39 is 6.04 Å². The Bertz CT molecular complexity index is 339. The molecule has 0 atom stereocenters. The highest BCUT2D eigenvalue weighted by Crippen LogP contribution is 2.11. The molecule has 0 aliphatic heterocycles. The topological polar surface area (TPSA) is 69.6 Å². The first-order valence-corrected chi connectivity index (χ1v) is 5.25. The van der Waals surface area contributed by atoms with Crippen LogP contribution < -0.4 is 5.32 Å². The van der Waals surface area contributed by atoms with E-state index in [1.807, 2.05) is 6.07 Å². The normalized spacial score (nSPS) is 10.4. The van der Waals surface area contributed by atoms with Gasteiger partial charge >= 0.3 is 0 Å². The second-order valence-corrected chi connectivity index (χ2v) is 3.96. The molecule has 0 bridgehead atoms. The number of carbonyl (C=O) groups is 1. The third-order valence-electron chi connectivity index (χ3n) is 1.86. The minimum Gasteiger partial charge on any atom is -0.394 e. The molecule has 0 unspecified atom stereocenters. The first kappa shape index (κ1) is 12.2. The number of rotatable bonds is 4. The van der Waals surface area contributed by atoms with Gasteiger partial charge in [-0.1, -0.05) is 22.0 Å². The number of aliphatic hydroxyl groups is 2. The zero-order valence-corrected chi connectivity index (χ0v) is 9.57. The first-order valence-electron chi connectivity index (χ1n) is 4.45. The molecule has 82 valence electrons. The van der Waals surface area contributed by atoms with E-state index in [9.17, 15) is 4.79 Å². The molecule has 3 N–H and O–H groups in total. The van der Waals surface area contributed by atoms with Gasteiger partial charge < -0.3 is 15.5 Å². The molecule has 0 aliphatic carbocycles. The van der Waals surface area contributed by atoms with E-state index in [0.717, 1.165) is 4.47 Å². The molecule has 5 heteroatoms. The first-order chi connectivity index (χ1) is 7.17. The second kappa shape index (κ2) is 5.85. The van der Waals surface area contributed by atoms with Crippen LogP contribution in [0.4, 0.5) is 0 Å². The van der Waals surface area contributed by atoms with Crippen LogP contribution in [0.25, 0.3) is 0 Å². The van der Waals surface area contributed by atoms with Gasteiger partial charge in [0.05, 0.1) is 19.3 Å². The van der Waals surface area contributed by atoms with Gasteiger partial charge in [0.1, 0.15) is 0 Å². The molecule has 0 aliphatic rings. The van der Waals surface area contributed by atoms with E-state index in [0.29, 0.717) is 5.56 Å². The van der Waals surface area contributed by atoms with Crippen LogP contribution in [0.5, 0.6) is 0 Å². The molecular weight excluding hydrogens is 262 g/mol. The van der Waals surface area contributed by atoms with Crippen molar-refractivity contribution in [2.75, 3.05) is 13.2 Å². The Morgan fingerprint density at radius 3 is 2.60 bits per heavy atom. The summed E-state index contributed by atoms with van der Waals surface area (Å²) >= 11 is 3.25. The van der Waals surface area contributed by atoms with Crippen LogP contribution in [0.2, 0.25) is 0 Å². The highest BCUT2D eigenvalue weighted by Gasteiger charge is 2.11. The van der Waals surface area contributed by atoms with Crippen molar-refractivity contribution in [3.8, 4) is 0 Å². The lowest BCUT2D eigenvalue weighted by molar-refractivity contribution is 0.0879. The van der Waals surface area contributed by atoms with E-state index in [1.165, 1.54) is 0 Å². The summed E-state index contributed by atoms with van der Waals surface area (Å²) in [6.07, 6.45) is 0. The summed E-state index contributed by atoms with van der Waals surface area (Å²) in [4.78, 5) is 11.6. The largest absolute Gasteiger partial charge is 0.394 e. The molecular formula is C10H12BrNO3. The molecule has 0 heterocycles. The van der Waals surface area contributed by atoms with Gasteiger partial charge in [0, 0.05) is 10.0 Å². The predicted octanol–water partition coefficient (Wildman–Crippen LogP) is 0.532. The van der Waals surface area contributed by atoms with Gasteiger partial charge in [0.2, 0.25) is 0 Å². The maximum atomic E-state index is 11.6. The molecule has 0 saturated carbocycles. The van der Waals surface area contributed by atoms with Crippen LogP contribution in [-0.4, -0.2) is 35.4 Å². The number of hydrogen-bond donors (Lipinski definition) is 3. The van der Waals surface area contributed by atoms with Crippen LogP contribution in [0.15, 0.2) is 28.7 Å². The Hall–Kier alpha value is -0.910. The molecule has 1 rings (SSSR count). The highest BCUT2D eigenvalue weighted by molar-refractivity contribution is 9.10. The fourth-order valence-electron chi connectivity index (χ4n) is 1.05. The number of halogens is 1. The average molecular weight is 274 g/mol. The number of benzene rings is 1. The summed E-state index contributed by atoms with van der Waals surface area (Å²) in [6.45, 7) is -0.563. The summed E-state index contributed by atoms with van der Waals surface area (Å²) in [5.74, 6) is -0.315. The Morgan fingerprint density at radius 2 is 2.07 bits per heavy atom. The molecule has 0 saturated heterocycles. The molecule has 0 aromatic heterocycles. The standard InChI is InChI=1S/C10H12BrNO3/c11-8-3-1-2-7(4-8)10(15)12-9(5-13)6-14/h1-4,9,13-14H,5-6H2,(H,12,15). The highest BCUT2D eigenvalue weighted by atomic mass is 79.9. The van der Waals surface area contributed by atoms with Crippen LogP contribution in [0.3, 0.4) is 0 Å². The van der Waals surface area contributed by atoms with Crippen LogP contribution in [0, 0.1) is 0 Å². The molecule has 1 aromatic carbocycles. The summed E-state index contributed by atoms with van der Waals surface area (Å²) in [7, 11) is 0. The number of amides is 1. The van der Waals surface area contributed by atoms with Crippen LogP contribution in [-0.2, 0) is 0 Å². The van der Waals surface area contributed by atoms with Crippen molar-refractivity contribution < 1.29 is 15.0 Å². The van der Waals surface area contributed by atoms with E-state index in [2.05, 4.69) is 21.2 Å². The van der Waals surface area contributed by atoms with Crippen molar-refractivity contribution in [2.45, 2.75) is 6.04 Å². The lowest BCUT2D eigenvalue weighted by Gasteiger charge is -2.13. The molecule has 0 spiro atoms. The zero-order chi connectivity index (χ0) is 11.3. The van der Waals surface area contributed by atoms with E-state index in [-0.39, 0.29) is 19.1 Å². The van der Waals surface area contributed by atoms with Crippen molar-refractivity contribution >= 4 is 21.8 Å². The van der Waals surface area contributed by atoms with E-state index in [1.54, 1.807) is 18.2 Å². The molecule has 1 amide bonds. The Labute approximate surface area is 96.1 Å².